The number of thiazole rings is 1. The molecule has 5 aromatic rings. The predicted octanol–water partition coefficient (Wildman–Crippen LogP) is 5.47. The van der Waals surface area contributed by atoms with E-state index < -0.39 is 6.04 Å². The zero-order valence-corrected chi connectivity index (χ0v) is 18.7. The highest BCUT2D eigenvalue weighted by Gasteiger charge is 2.44. The van der Waals surface area contributed by atoms with Gasteiger partial charge in [-0.05, 0) is 42.8 Å². The molecule has 3 heterocycles. The molecule has 0 unspecified atom stereocenters. The lowest BCUT2D eigenvalue weighted by atomic mass is 9.98. The van der Waals surface area contributed by atoms with E-state index in [0.717, 1.165) is 21.3 Å². The molecule has 0 aliphatic carbocycles. The van der Waals surface area contributed by atoms with Gasteiger partial charge < -0.3 is 9.15 Å². The number of benzene rings is 3. The van der Waals surface area contributed by atoms with Crippen LogP contribution >= 0.6 is 11.3 Å². The molecule has 162 valence electrons. The largest absolute Gasteiger partial charge is 0.497 e. The molecule has 0 fully saturated rings. The summed E-state index contributed by atoms with van der Waals surface area (Å²) < 4.78 is 12.3. The molecule has 1 atom stereocenters. The summed E-state index contributed by atoms with van der Waals surface area (Å²) in [6, 6.07) is 19.9. The number of nitrogens with zero attached hydrogens (tertiary/aromatic N) is 2. The molecule has 0 spiro atoms. The van der Waals surface area contributed by atoms with E-state index in [4.69, 9.17) is 14.1 Å². The summed E-state index contributed by atoms with van der Waals surface area (Å²) in [5, 5.41) is 0.974. The number of methoxy groups -OCH3 is 1. The van der Waals surface area contributed by atoms with Gasteiger partial charge in [0.2, 0.25) is 5.76 Å². The van der Waals surface area contributed by atoms with Crippen molar-refractivity contribution in [2.24, 2.45) is 0 Å². The van der Waals surface area contributed by atoms with Crippen molar-refractivity contribution in [3.05, 3.63) is 99.4 Å². The lowest BCUT2D eigenvalue weighted by Crippen LogP contribution is -2.29. The van der Waals surface area contributed by atoms with Crippen LogP contribution in [-0.4, -0.2) is 18.0 Å². The first-order chi connectivity index (χ1) is 16.0. The fourth-order valence-corrected chi connectivity index (χ4v) is 5.38. The standard InChI is InChI=1S/C26H18N2O4S/c1-14-8-11-19-17(12-14)23(29)21-22(15-6-4-3-5-7-15)28(25(30)24(21)32-19)26-27-18-10-9-16(31-2)13-20(18)33-26/h3-13,22H,1-2H3/t22-/m1/s1. The maximum Gasteiger partial charge on any atom is 0.297 e. The van der Waals surface area contributed by atoms with E-state index in [0.29, 0.717) is 27.4 Å². The lowest BCUT2D eigenvalue weighted by Gasteiger charge is -2.22. The number of aromatic nitrogens is 1. The third kappa shape index (κ3) is 2.97. The molecule has 7 heteroatoms. The summed E-state index contributed by atoms with van der Waals surface area (Å²) in [7, 11) is 1.61. The normalized spacial score (nSPS) is 15.4. The average molecular weight is 455 g/mol. The number of amides is 1. The minimum atomic E-state index is -0.627. The van der Waals surface area contributed by atoms with Crippen LogP contribution in [0.1, 0.15) is 33.3 Å². The molecule has 6 nitrogen and oxygen atoms in total. The summed E-state index contributed by atoms with van der Waals surface area (Å²) >= 11 is 1.38. The first-order valence-electron chi connectivity index (χ1n) is 10.5. The molecule has 2 aromatic heterocycles. The minimum absolute atomic E-state index is 0.0713. The smallest absolute Gasteiger partial charge is 0.297 e. The van der Waals surface area contributed by atoms with Gasteiger partial charge in [0.15, 0.2) is 10.6 Å². The van der Waals surface area contributed by atoms with Gasteiger partial charge in [0.25, 0.3) is 5.91 Å². The van der Waals surface area contributed by atoms with Crippen LogP contribution in [0.5, 0.6) is 5.75 Å². The summed E-state index contributed by atoms with van der Waals surface area (Å²) in [6.45, 7) is 1.92. The number of hydrogen-bond acceptors (Lipinski definition) is 6. The Kier molecular flexibility index (Phi) is 4.35. The van der Waals surface area contributed by atoms with E-state index in [-0.39, 0.29) is 17.1 Å². The zero-order chi connectivity index (χ0) is 22.7. The van der Waals surface area contributed by atoms with Crippen LogP contribution in [0.3, 0.4) is 0 Å². The van der Waals surface area contributed by atoms with Crippen molar-refractivity contribution in [3.8, 4) is 5.75 Å². The lowest BCUT2D eigenvalue weighted by molar-refractivity contribution is 0.0971. The van der Waals surface area contributed by atoms with Crippen LogP contribution in [0.25, 0.3) is 21.2 Å². The van der Waals surface area contributed by atoms with Gasteiger partial charge in [0.05, 0.1) is 34.3 Å². The number of carbonyl (C=O) groups is 1. The quantitative estimate of drug-likeness (QED) is 0.361. The SMILES string of the molecule is COc1ccc2nc(N3C(=O)c4oc5ccc(C)cc5c(=O)c4[C@H]3c3ccccc3)sc2c1. The Bertz CT molecular complexity index is 1620. The second kappa shape index (κ2) is 7.28. The Morgan fingerprint density at radius 3 is 2.64 bits per heavy atom. The molecule has 0 bridgehead atoms. The first-order valence-corrected chi connectivity index (χ1v) is 11.3. The predicted molar refractivity (Wildman–Crippen MR) is 128 cm³/mol. The van der Waals surface area contributed by atoms with Gasteiger partial charge in [-0.3, -0.25) is 14.5 Å². The van der Waals surface area contributed by atoms with Crippen molar-refractivity contribution in [2.75, 3.05) is 12.0 Å². The van der Waals surface area contributed by atoms with Crippen LogP contribution in [0.4, 0.5) is 5.13 Å². The molecule has 3 aromatic carbocycles. The summed E-state index contributed by atoms with van der Waals surface area (Å²) in [5.74, 6) is 0.415. The molecule has 1 aliphatic heterocycles. The van der Waals surface area contributed by atoms with Crippen LogP contribution in [0.15, 0.2) is 75.9 Å². The number of carbonyl (C=O) groups excluding carboxylic acids is 1. The van der Waals surface area contributed by atoms with E-state index >= 15 is 0 Å². The van der Waals surface area contributed by atoms with Gasteiger partial charge >= 0.3 is 0 Å². The zero-order valence-electron chi connectivity index (χ0n) is 17.9. The van der Waals surface area contributed by atoms with E-state index in [2.05, 4.69) is 0 Å². The van der Waals surface area contributed by atoms with Gasteiger partial charge in [0, 0.05) is 0 Å². The third-order valence-corrected chi connectivity index (χ3v) is 6.95. The first kappa shape index (κ1) is 19.7. The van der Waals surface area contributed by atoms with Crippen molar-refractivity contribution in [1.29, 1.82) is 0 Å². The maximum atomic E-state index is 13.7. The van der Waals surface area contributed by atoms with Crippen molar-refractivity contribution in [3.63, 3.8) is 0 Å². The second-order valence-corrected chi connectivity index (χ2v) is 9.00. The van der Waals surface area contributed by atoms with E-state index in [1.54, 1.807) is 24.1 Å². The number of hydrogen-bond donors (Lipinski definition) is 0. The monoisotopic (exact) mass is 454 g/mol. The van der Waals surface area contributed by atoms with Gasteiger partial charge in [0.1, 0.15) is 11.3 Å². The summed E-state index contributed by atoms with van der Waals surface area (Å²) in [5.41, 5.74) is 3.09. The van der Waals surface area contributed by atoms with Crippen LogP contribution in [0.2, 0.25) is 0 Å². The maximum absolute atomic E-state index is 13.7. The highest BCUT2D eigenvalue weighted by molar-refractivity contribution is 7.22. The Hall–Kier alpha value is -3.97. The average Bonchev–Trinajstić information content (AvgIpc) is 3.38. The van der Waals surface area contributed by atoms with E-state index in [9.17, 15) is 9.59 Å². The van der Waals surface area contributed by atoms with Crippen LogP contribution < -0.4 is 15.1 Å². The van der Waals surface area contributed by atoms with E-state index in [1.807, 2.05) is 61.5 Å². The fourth-order valence-electron chi connectivity index (χ4n) is 4.36. The second-order valence-electron chi connectivity index (χ2n) is 7.99. The topological polar surface area (TPSA) is 72.6 Å². The van der Waals surface area contributed by atoms with Crippen molar-refractivity contribution in [1.82, 2.24) is 4.98 Å². The fraction of sp³-hybridized carbons (Fsp3) is 0.115. The van der Waals surface area contributed by atoms with Gasteiger partial charge in [-0.1, -0.05) is 53.3 Å². The molecule has 0 saturated heterocycles. The third-order valence-electron chi connectivity index (χ3n) is 5.93. The molecule has 0 radical (unpaired) electrons. The Morgan fingerprint density at radius 1 is 1.03 bits per heavy atom. The Labute approximate surface area is 192 Å². The number of anilines is 1. The molecule has 1 aliphatic rings. The van der Waals surface area contributed by atoms with E-state index in [1.165, 1.54) is 11.3 Å². The molecule has 1 amide bonds. The number of aryl methyl sites for hydroxylation is 1. The highest BCUT2D eigenvalue weighted by Crippen LogP contribution is 2.43. The Balaban J connectivity index is 1.62. The summed E-state index contributed by atoms with van der Waals surface area (Å²) in [4.78, 5) is 33.6. The van der Waals surface area contributed by atoms with Crippen molar-refractivity contribution < 1.29 is 13.9 Å². The molecular formula is C26H18N2O4S. The highest BCUT2D eigenvalue weighted by atomic mass is 32.1. The van der Waals surface area contributed by atoms with Gasteiger partial charge in [-0.15, -0.1) is 0 Å². The molecule has 0 N–H and O–H groups in total. The van der Waals surface area contributed by atoms with Crippen molar-refractivity contribution >= 4 is 43.6 Å². The van der Waals surface area contributed by atoms with Crippen LogP contribution in [-0.2, 0) is 0 Å². The number of ether oxygens (including phenoxy) is 1. The Morgan fingerprint density at radius 2 is 1.85 bits per heavy atom. The van der Waals surface area contributed by atoms with Gasteiger partial charge in [-0.2, -0.15) is 0 Å². The molecule has 33 heavy (non-hydrogen) atoms. The number of rotatable bonds is 3. The van der Waals surface area contributed by atoms with Gasteiger partial charge in [-0.25, -0.2) is 4.98 Å². The minimum Gasteiger partial charge on any atom is -0.497 e. The molecule has 6 rings (SSSR count). The van der Waals surface area contributed by atoms with Crippen molar-refractivity contribution in [2.45, 2.75) is 13.0 Å². The molecule has 0 saturated carbocycles. The van der Waals surface area contributed by atoms with Crippen LogP contribution in [0, 0.1) is 6.92 Å². The summed E-state index contributed by atoms with van der Waals surface area (Å²) in [6.07, 6.45) is 0. The molecular weight excluding hydrogens is 436 g/mol. The number of fused-ring (bicyclic) bond motifs is 3.